The maximum Gasteiger partial charge on any atom is 0.118 e. The molecule has 1 N–H and O–H groups in total. The molecule has 2 heteroatoms. The van der Waals surface area contributed by atoms with Crippen molar-refractivity contribution in [3.63, 3.8) is 0 Å². The first-order valence-corrected chi connectivity index (χ1v) is 7.45. The maximum atomic E-state index is 5.26. The standard InChI is InChI=1S/C17H27NO/c1-6-17(7-2)15(12(3)16(17)18-4)13-8-10-14(19-5)11-9-13/h8-12,15-16,18H,6-7H2,1-5H3. The third kappa shape index (κ3) is 2.06. The van der Waals surface area contributed by atoms with Crippen LogP contribution in [0.3, 0.4) is 0 Å². The molecule has 1 aliphatic carbocycles. The molecule has 106 valence electrons. The third-order valence-electron chi connectivity index (χ3n) is 5.39. The predicted molar refractivity (Wildman–Crippen MR) is 80.8 cm³/mol. The van der Waals surface area contributed by atoms with Gasteiger partial charge in [0.25, 0.3) is 0 Å². The average Bonchev–Trinajstić information content (AvgIpc) is 2.45. The summed E-state index contributed by atoms with van der Waals surface area (Å²) in [7, 11) is 3.83. The lowest BCUT2D eigenvalue weighted by atomic mass is 9.46. The van der Waals surface area contributed by atoms with Crippen LogP contribution in [0.15, 0.2) is 24.3 Å². The Morgan fingerprint density at radius 3 is 2.16 bits per heavy atom. The second-order valence-corrected chi connectivity index (χ2v) is 5.82. The number of nitrogens with one attached hydrogen (secondary N) is 1. The molecule has 1 aromatic rings. The molecule has 3 atom stereocenters. The van der Waals surface area contributed by atoms with Crippen LogP contribution in [0, 0.1) is 11.3 Å². The van der Waals surface area contributed by atoms with Gasteiger partial charge in [0.05, 0.1) is 7.11 Å². The highest BCUT2D eigenvalue weighted by atomic mass is 16.5. The summed E-state index contributed by atoms with van der Waals surface area (Å²) in [6, 6.07) is 9.29. The molecule has 1 aliphatic rings. The fourth-order valence-electron chi connectivity index (χ4n) is 4.44. The van der Waals surface area contributed by atoms with Crippen LogP contribution in [0.4, 0.5) is 0 Å². The molecule has 1 fully saturated rings. The van der Waals surface area contributed by atoms with Gasteiger partial charge in [-0.1, -0.05) is 32.9 Å². The number of hydrogen-bond acceptors (Lipinski definition) is 2. The summed E-state index contributed by atoms with van der Waals surface area (Å²) in [6.07, 6.45) is 2.46. The molecule has 0 heterocycles. The van der Waals surface area contributed by atoms with Gasteiger partial charge in [-0.05, 0) is 54.8 Å². The number of rotatable bonds is 5. The summed E-state index contributed by atoms with van der Waals surface area (Å²) >= 11 is 0. The molecule has 1 aromatic carbocycles. The molecule has 19 heavy (non-hydrogen) atoms. The Kier molecular flexibility index (Phi) is 4.19. The Bertz CT molecular complexity index is 408. The van der Waals surface area contributed by atoms with Gasteiger partial charge < -0.3 is 10.1 Å². The molecule has 0 aliphatic heterocycles. The van der Waals surface area contributed by atoms with E-state index >= 15 is 0 Å². The van der Waals surface area contributed by atoms with Crippen molar-refractivity contribution in [2.45, 2.75) is 45.6 Å². The molecule has 0 radical (unpaired) electrons. The van der Waals surface area contributed by atoms with E-state index in [1.165, 1.54) is 18.4 Å². The Balaban J connectivity index is 2.31. The maximum absolute atomic E-state index is 5.26. The Morgan fingerprint density at radius 2 is 1.74 bits per heavy atom. The van der Waals surface area contributed by atoms with E-state index < -0.39 is 0 Å². The van der Waals surface area contributed by atoms with E-state index in [4.69, 9.17) is 4.74 Å². The fraction of sp³-hybridized carbons (Fsp3) is 0.647. The van der Waals surface area contributed by atoms with E-state index in [1.54, 1.807) is 7.11 Å². The molecule has 0 bridgehead atoms. The minimum Gasteiger partial charge on any atom is -0.497 e. The minimum atomic E-state index is 0.406. The second kappa shape index (κ2) is 5.54. The zero-order valence-electron chi connectivity index (χ0n) is 12.9. The van der Waals surface area contributed by atoms with Crippen LogP contribution >= 0.6 is 0 Å². The minimum absolute atomic E-state index is 0.406. The SMILES string of the molecule is CCC1(CC)C(NC)C(C)C1c1ccc(OC)cc1. The van der Waals surface area contributed by atoms with E-state index in [1.807, 2.05) is 0 Å². The van der Waals surface area contributed by atoms with E-state index in [0.29, 0.717) is 23.3 Å². The molecule has 3 unspecified atom stereocenters. The average molecular weight is 261 g/mol. The monoisotopic (exact) mass is 261 g/mol. The van der Waals surface area contributed by atoms with Crippen molar-refractivity contribution in [2.75, 3.05) is 14.2 Å². The number of methoxy groups -OCH3 is 1. The van der Waals surface area contributed by atoms with Crippen LogP contribution in [0.2, 0.25) is 0 Å². The third-order valence-corrected chi connectivity index (χ3v) is 5.39. The molecule has 1 saturated carbocycles. The Morgan fingerprint density at radius 1 is 1.16 bits per heavy atom. The summed E-state index contributed by atoms with van der Waals surface area (Å²) in [4.78, 5) is 0. The van der Waals surface area contributed by atoms with Crippen LogP contribution < -0.4 is 10.1 Å². The largest absolute Gasteiger partial charge is 0.497 e. The van der Waals surface area contributed by atoms with Crippen molar-refractivity contribution in [3.8, 4) is 5.75 Å². The van der Waals surface area contributed by atoms with Gasteiger partial charge in [0.1, 0.15) is 5.75 Å². The first kappa shape index (κ1) is 14.4. The van der Waals surface area contributed by atoms with Crippen molar-refractivity contribution in [1.82, 2.24) is 5.32 Å². The quantitative estimate of drug-likeness (QED) is 0.870. The normalized spacial score (nSPS) is 28.8. The van der Waals surface area contributed by atoms with Gasteiger partial charge >= 0.3 is 0 Å². The molecular formula is C17H27NO. The summed E-state index contributed by atoms with van der Waals surface area (Å²) in [5.41, 5.74) is 1.87. The van der Waals surface area contributed by atoms with Crippen LogP contribution in [0.25, 0.3) is 0 Å². The van der Waals surface area contributed by atoms with Crippen molar-refractivity contribution in [1.29, 1.82) is 0 Å². The second-order valence-electron chi connectivity index (χ2n) is 5.82. The smallest absolute Gasteiger partial charge is 0.118 e. The molecule has 0 spiro atoms. The Hall–Kier alpha value is -1.02. The highest BCUT2D eigenvalue weighted by molar-refractivity contribution is 5.35. The molecule has 0 saturated heterocycles. The molecule has 2 nitrogen and oxygen atoms in total. The van der Waals surface area contributed by atoms with Crippen LogP contribution in [0.5, 0.6) is 5.75 Å². The van der Waals surface area contributed by atoms with Gasteiger partial charge in [0.15, 0.2) is 0 Å². The van der Waals surface area contributed by atoms with E-state index in [-0.39, 0.29) is 0 Å². The summed E-state index contributed by atoms with van der Waals surface area (Å²) in [5, 5.41) is 3.54. The van der Waals surface area contributed by atoms with Crippen molar-refractivity contribution in [2.24, 2.45) is 11.3 Å². The highest BCUT2D eigenvalue weighted by Gasteiger charge is 2.57. The zero-order valence-corrected chi connectivity index (χ0v) is 12.9. The van der Waals surface area contributed by atoms with Crippen molar-refractivity contribution >= 4 is 0 Å². The van der Waals surface area contributed by atoms with Crippen molar-refractivity contribution < 1.29 is 4.74 Å². The van der Waals surface area contributed by atoms with Crippen LogP contribution in [-0.4, -0.2) is 20.2 Å². The zero-order chi connectivity index (χ0) is 14.0. The van der Waals surface area contributed by atoms with Crippen LogP contribution in [0.1, 0.15) is 45.1 Å². The van der Waals surface area contributed by atoms with Gasteiger partial charge in [-0.2, -0.15) is 0 Å². The van der Waals surface area contributed by atoms with Gasteiger partial charge in [-0.25, -0.2) is 0 Å². The van der Waals surface area contributed by atoms with E-state index in [0.717, 1.165) is 5.75 Å². The lowest BCUT2D eigenvalue weighted by Crippen LogP contribution is -2.63. The van der Waals surface area contributed by atoms with Gasteiger partial charge in [0, 0.05) is 6.04 Å². The fourth-order valence-corrected chi connectivity index (χ4v) is 4.44. The summed E-state index contributed by atoms with van der Waals surface area (Å²) < 4.78 is 5.26. The number of hydrogen-bond donors (Lipinski definition) is 1. The van der Waals surface area contributed by atoms with Gasteiger partial charge in [-0.15, -0.1) is 0 Å². The van der Waals surface area contributed by atoms with E-state index in [2.05, 4.69) is 57.4 Å². The van der Waals surface area contributed by atoms with Crippen molar-refractivity contribution in [3.05, 3.63) is 29.8 Å². The topological polar surface area (TPSA) is 21.3 Å². The predicted octanol–water partition coefficient (Wildman–Crippen LogP) is 3.82. The Labute approximate surface area is 117 Å². The summed E-state index contributed by atoms with van der Waals surface area (Å²) in [6.45, 7) is 7.03. The molecule has 0 amide bonds. The number of benzene rings is 1. The highest BCUT2D eigenvalue weighted by Crippen LogP contribution is 2.60. The first-order chi connectivity index (χ1) is 9.14. The summed E-state index contributed by atoms with van der Waals surface area (Å²) in [5.74, 6) is 2.30. The molecule has 0 aromatic heterocycles. The van der Waals surface area contributed by atoms with Gasteiger partial charge in [0.2, 0.25) is 0 Å². The van der Waals surface area contributed by atoms with Crippen LogP contribution in [-0.2, 0) is 0 Å². The lowest BCUT2D eigenvalue weighted by molar-refractivity contribution is -0.0356. The van der Waals surface area contributed by atoms with E-state index in [9.17, 15) is 0 Å². The molecular weight excluding hydrogens is 234 g/mol. The molecule has 2 rings (SSSR count). The first-order valence-electron chi connectivity index (χ1n) is 7.45. The van der Waals surface area contributed by atoms with Gasteiger partial charge in [-0.3, -0.25) is 0 Å². The lowest BCUT2D eigenvalue weighted by Gasteiger charge is -2.61. The number of ether oxygens (including phenoxy) is 1.